The van der Waals surface area contributed by atoms with E-state index in [2.05, 4.69) is 26.0 Å². The van der Waals surface area contributed by atoms with E-state index in [4.69, 9.17) is 4.42 Å². The molecule has 4 rings (SSSR count). The number of rotatable bonds is 1. The van der Waals surface area contributed by atoms with E-state index < -0.39 is 18.1 Å². The highest BCUT2D eigenvalue weighted by Crippen LogP contribution is 2.36. The van der Waals surface area contributed by atoms with Crippen molar-refractivity contribution in [2.45, 2.75) is 25.6 Å². The molecular formula is C16H12BrF3N4O2. The summed E-state index contributed by atoms with van der Waals surface area (Å²) in [7, 11) is 0. The molecule has 0 N–H and O–H groups in total. The van der Waals surface area contributed by atoms with Crippen molar-refractivity contribution >= 4 is 27.4 Å². The van der Waals surface area contributed by atoms with Crippen molar-refractivity contribution in [2.24, 2.45) is 0 Å². The Bertz CT molecular complexity index is 1010. The fourth-order valence-electron chi connectivity index (χ4n) is 3.04. The largest absolute Gasteiger partial charge is 0.468 e. The summed E-state index contributed by atoms with van der Waals surface area (Å²) >= 11 is 3.33. The second-order valence-corrected chi connectivity index (χ2v) is 6.91. The molecule has 0 radical (unpaired) electrons. The summed E-state index contributed by atoms with van der Waals surface area (Å²) in [6.07, 6.45) is -2.76. The first-order valence-corrected chi connectivity index (χ1v) is 8.56. The highest BCUT2D eigenvalue weighted by molar-refractivity contribution is 9.10. The zero-order valence-corrected chi connectivity index (χ0v) is 15.0. The number of carbonyl (C=O) groups is 1. The van der Waals surface area contributed by atoms with E-state index in [0.717, 1.165) is 9.99 Å². The molecule has 1 aliphatic rings. The van der Waals surface area contributed by atoms with Gasteiger partial charge in [0.2, 0.25) is 0 Å². The molecule has 0 saturated heterocycles. The van der Waals surface area contributed by atoms with Crippen LogP contribution in [-0.4, -0.2) is 31.9 Å². The Labute approximate surface area is 153 Å². The number of nitrogens with zero attached hydrogens (tertiary/aromatic N) is 4. The minimum Gasteiger partial charge on any atom is -0.438 e. The Morgan fingerprint density at radius 3 is 2.88 bits per heavy atom. The summed E-state index contributed by atoms with van der Waals surface area (Å²) < 4.78 is 45.7. The second kappa shape index (κ2) is 5.83. The van der Waals surface area contributed by atoms with Gasteiger partial charge in [-0.05, 0) is 41.1 Å². The third kappa shape index (κ3) is 2.77. The Balaban J connectivity index is 1.65. The monoisotopic (exact) mass is 428 g/mol. The van der Waals surface area contributed by atoms with Crippen molar-refractivity contribution in [3.8, 4) is 0 Å². The van der Waals surface area contributed by atoms with Crippen LogP contribution >= 0.6 is 15.9 Å². The van der Waals surface area contributed by atoms with Crippen LogP contribution in [-0.2, 0) is 12.6 Å². The molecule has 0 aromatic carbocycles. The minimum absolute atomic E-state index is 0.142. The molecule has 0 spiro atoms. The van der Waals surface area contributed by atoms with Crippen molar-refractivity contribution in [1.29, 1.82) is 0 Å². The molecule has 1 aliphatic heterocycles. The van der Waals surface area contributed by atoms with Crippen LogP contribution in [0.4, 0.5) is 13.2 Å². The first-order valence-electron chi connectivity index (χ1n) is 7.77. The third-order valence-electron chi connectivity index (χ3n) is 4.32. The number of amides is 1. The second-order valence-electron chi connectivity index (χ2n) is 6.00. The van der Waals surface area contributed by atoms with E-state index in [1.165, 1.54) is 4.90 Å². The van der Waals surface area contributed by atoms with Crippen molar-refractivity contribution in [3.63, 3.8) is 0 Å². The molecule has 26 heavy (non-hydrogen) atoms. The molecule has 0 saturated carbocycles. The van der Waals surface area contributed by atoms with Crippen LogP contribution < -0.4 is 0 Å². The van der Waals surface area contributed by atoms with E-state index in [1.807, 2.05) is 6.07 Å². The minimum atomic E-state index is -4.65. The number of carbonyl (C=O) groups excluding carboxylic acids is 1. The topological polar surface area (TPSA) is 63.6 Å². The molecule has 10 heteroatoms. The molecule has 0 aliphatic carbocycles. The van der Waals surface area contributed by atoms with Gasteiger partial charge in [-0.15, -0.1) is 0 Å². The molecule has 3 aromatic rings. The van der Waals surface area contributed by atoms with E-state index in [9.17, 15) is 18.0 Å². The van der Waals surface area contributed by atoms with Crippen molar-refractivity contribution in [2.75, 3.05) is 6.54 Å². The SMILES string of the molecule is CC1c2nc(C(F)(F)F)oc2CCN1C(=O)c1cc2ccc(Br)cn2n1. The number of hydrogen-bond donors (Lipinski definition) is 0. The maximum Gasteiger partial charge on any atom is 0.468 e. The van der Waals surface area contributed by atoms with Crippen molar-refractivity contribution < 1.29 is 22.4 Å². The first-order chi connectivity index (χ1) is 12.2. The molecule has 0 fully saturated rings. The quantitative estimate of drug-likeness (QED) is 0.590. The Morgan fingerprint density at radius 2 is 2.15 bits per heavy atom. The van der Waals surface area contributed by atoms with Crippen LogP contribution in [0.2, 0.25) is 0 Å². The average Bonchev–Trinajstić information content (AvgIpc) is 3.18. The fraction of sp³-hybridized carbons (Fsp3) is 0.312. The number of halogens is 4. The van der Waals surface area contributed by atoms with Crippen LogP contribution in [0, 0.1) is 0 Å². The van der Waals surface area contributed by atoms with Crippen LogP contribution in [0.15, 0.2) is 33.3 Å². The predicted octanol–water partition coefficient (Wildman–Crippen LogP) is 3.86. The number of alkyl halides is 3. The first kappa shape index (κ1) is 17.1. The van der Waals surface area contributed by atoms with Gasteiger partial charge in [0, 0.05) is 23.6 Å². The average molecular weight is 429 g/mol. The van der Waals surface area contributed by atoms with E-state index in [-0.39, 0.29) is 36.0 Å². The summed E-state index contributed by atoms with van der Waals surface area (Å²) in [4.78, 5) is 17.9. The molecule has 0 bridgehead atoms. The highest BCUT2D eigenvalue weighted by Gasteiger charge is 2.41. The van der Waals surface area contributed by atoms with Crippen molar-refractivity contribution in [1.82, 2.24) is 19.5 Å². The van der Waals surface area contributed by atoms with E-state index >= 15 is 0 Å². The van der Waals surface area contributed by atoms with Gasteiger partial charge in [0.25, 0.3) is 5.91 Å². The van der Waals surface area contributed by atoms with Gasteiger partial charge in [0.1, 0.15) is 11.5 Å². The van der Waals surface area contributed by atoms with Gasteiger partial charge in [-0.3, -0.25) is 4.79 Å². The Hall–Kier alpha value is -2.36. The summed E-state index contributed by atoms with van der Waals surface area (Å²) in [5.41, 5.74) is 1.10. The standard InChI is InChI=1S/C16H12BrF3N4O2/c1-8-13-12(26-15(21-13)16(18,19)20)4-5-23(8)14(25)11-6-10-3-2-9(17)7-24(10)22-11/h2-3,6-8H,4-5H2,1H3. The maximum absolute atomic E-state index is 12.8. The van der Waals surface area contributed by atoms with Gasteiger partial charge in [-0.25, -0.2) is 9.50 Å². The number of fused-ring (bicyclic) bond motifs is 2. The molecule has 1 amide bonds. The van der Waals surface area contributed by atoms with Crippen LogP contribution in [0.1, 0.15) is 40.8 Å². The zero-order valence-electron chi connectivity index (χ0n) is 13.4. The highest BCUT2D eigenvalue weighted by atomic mass is 79.9. The third-order valence-corrected chi connectivity index (χ3v) is 4.79. The lowest BCUT2D eigenvalue weighted by Crippen LogP contribution is -2.39. The smallest absolute Gasteiger partial charge is 0.438 e. The van der Waals surface area contributed by atoms with E-state index in [0.29, 0.717) is 0 Å². The van der Waals surface area contributed by atoms with Crippen LogP contribution in [0.5, 0.6) is 0 Å². The van der Waals surface area contributed by atoms with Gasteiger partial charge in [0.05, 0.1) is 11.6 Å². The zero-order chi connectivity index (χ0) is 18.6. The molecule has 136 valence electrons. The summed E-state index contributed by atoms with van der Waals surface area (Å²) in [6.45, 7) is 1.86. The van der Waals surface area contributed by atoms with E-state index in [1.54, 1.807) is 29.8 Å². The Morgan fingerprint density at radius 1 is 1.38 bits per heavy atom. The molecule has 6 nitrogen and oxygen atoms in total. The molecular weight excluding hydrogens is 417 g/mol. The van der Waals surface area contributed by atoms with Crippen LogP contribution in [0.25, 0.3) is 5.52 Å². The number of hydrogen-bond acceptors (Lipinski definition) is 4. The van der Waals surface area contributed by atoms with Gasteiger partial charge < -0.3 is 9.32 Å². The summed E-state index contributed by atoms with van der Waals surface area (Å²) in [5, 5.41) is 4.26. The predicted molar refractivity (Wildman–Crippen MR) is 87.6 cm³/mol. The van der Waals surface area contributed by atoms with Crippen LogP contribution in [0.3, 0.4) is 0 Å². The lowest BCUT2D eigenvalue weighted by Gasteiger charge is -2.31. The number of oxazole rings is 1. The molecule has 1 unspecified atom stereocenters. The normalized spacial score (nSPS) is 17.6. The molecule has 4 heterocycles. The fourth-order valence-corrected chi connectivity index (χ4v) is 3.37. The van der Waals surface area contributed by atoms with Crippen molar-refractivity contribution in [3.05, 3.63) is 51.9 Å². The van der Waals surface area contributed by atoms with Gasteiger partial charge in [-0.1, -0.05) is 0 Å². The van der Waals surface area contributed by atoms with Gasteiger partial charge >= 0.3 is 12.1 Å². The summed E-state index contributed by atoms with van der Waals surface area (Å²) in [5.74, 6) is -1.46. The number of aromatic nitrogens is 3. The lowest BCUT2D eigenvalue weighted by atomic mass is 10.0. The van der Waals surface area contributed by atoms with Gasteiger partial charge in [-0.2, -0.15) is 18.3 Å². The molecule has 1 atom stereocenters. The maximum atomic E-state index is 12.8. The number of pyridine rings is 1. The van der Waals surface area contributed by atoms with Gasteiger partial charge in [0.15, 0.2) is 5.69 Å². The Kier molecular flexibility index (Phi) is 3.83. The summed E-state index contributed by atoms with van der Waals surface area (Å²) in [6, 6.07) is 4.64. The lowest BCUT2D eigenvalue weighted by molar-refractivity contribution is -0.157. The molecule has 3 aromatic heterocycles.